The summed E-state index contributed by atoms with van der Waals surface area (Å²) in [4.78, 5) is 26.3. The zero-order valence-electron chi connectivity index (χ0n) is 9.98. The first-order chi connectivity index (χ1) is 7.60. The van der Waals surface area contributed by atoms with Crippen molar-refractivity contribution in [2.75, 3.05) is 26.2 Å². The SMILES string of the molecule is CCN(CC)C(=O)C1CCCN1CC(=O)O. The molecule has 0 aliphatic carbocycles. The molecule has 1 fully saturated rings. The van der Waals surface area contributed by atoms with Crippen LogP contribution in [0.5, 0.6) is 0 Å². The van der Waals surface area contributed by atoms with Gasteiger partial charge in [0.2, 0.25) is 5.91 Å². The van der Waals surface area contributed by atoms with Crippen LogP contribution in [0.4, 0.5) is 0 Å². The minimum Gasteiger partial charge on any atom is -0.480 e. The highest BCUT2D eigenvalue weighted by atomic mass is 16.4. The van der Waals surface area contributed by atoms with Crippen molar-refractivity contribution in [3.8, 4) is 0 Å². The Kier molecular flexibility index (Phi) is 4.73. The maximum Gasteiger partial charge on any atom is 0.317 e. The molecule has 1 amide bonds. The number of aliphatic carboxylic acids is 1. The third kappa shape index (κ3) is 2.95. The van der Waals surface area contributed by atoms with Gasteiger partial charge in [-0.05, 0) is 33.2 Å². The fourth-order valence-corrected chi connectivity index (χ4v) is 2.21. The summed E-state index contributed by atoms with van der Waals surface area (Å²) >= 11 is 0. The summed E-state index contributed by atoms with van der Waals surface area (Å²) in [6, 6.07) is -0.226. The van der Waals surface area contributed by atoms with Crippen molar-refractivity contribution in [1.82, 2.24) is 9.80 Å². The molecule has 1 N–H and O–H groups in total. The third-order valence-electron chi connectivity index (χ3n) is 3.06. The van der Waals surface area contributed by atoms with E-state index >= 15 is 0 Å². The summed E-state index contributed by atoms with van der Waals surface area (Å²) in [5, 5.41) is 8.76. The number of carbonyl (C=O) groups excluding carboxylic acids is 1. The number of nitrogens with zero attached hydrogens (tertiary/aromatic N) is 2. The van der Waals surface area contributed by atoms with E-state index in [9.17, 15) is 9.59 Å². The molecule has 0 spiro atoms. The van der Waals surface area contributed by atoms with Crippen LogP contribution in [0.1, 0.15) is 26.7 Å². The number of carboxylic acid groups (broad SMARTS) is 1. The molecule has 0 aromatic rings. The van der Waals surface area contributed by atoms with Gasteiger partial charge in [0, 0.05) is 13.1 Å². The van der Waals surface area contributed by atoms with Gasteiger partial charge in [-0.15, -0.1) is 0 Å². The average Bonchev–Trinajstić information content (AvgIpc) is 2.66. The molecule has 5 heteroatoms. The van der Waals surface area contributed by atoms with E-state index in [1.807, 2.05) is 13.8 Å². The number of hydrogen-bond donors (Lipinski definition) is 1. The fourth-order valence-electron chi connectivity index (χ4n) is 2.21. The van der Waals surface area contributed by atoms with Crippen LogP contribution in [0.3, 0.4) is 0 Å². The predicted octanol–water partition coefficient (Wildman–Crippen LogP) is 0.404. The molecular weight excluding hydrogens is 208 g/mol. The van der Waals surface area contributed by atoms with Gasteiger partial charge >= 0.3 is 5.97 Å². The summed E-state index contributed by atoms with van der Waals surface area (Å²) in [7, 11) is 0. The topological polar surface area (TPSA) is 60.9 Å². The summed E-state index contributed by atoms with van der Waals surface area (Å²) in [6.07, 6.45) is 1.69. The van der Waals surface area contributed by atoms with Crippen molar-refractivity contribution in [2.24, 2.45) is 0 Å². The van der Waals surface area contributed by atoms with Crippen LogP contribution in [0, 0.1) is 0 Å². The van der Waals surface area contributed by atoms with E-state index in [4.69, 9.17) is 5.11 Å². The van der Waals surface area contributed by atoms with Crippen molar-refractivity contribution in [3.05, 3.63) is 0 Å². The Labute approximate surface area is 96.0 Å². The minimum atomic E-state index is -0.862. The Hall–Kier alpha value is -1.10. The van der Waals surface area contributed by atoms with Gasteiger partial charge in [0.05, 0.1) is 12.6 Å². The number of likely N-dealkylation sites (tertiary alicyclic amines) is 1. The van der Waals surface area contributed by atoms with Crippen molar-refractivity contribution in [1.29, 1.82) is 0 Å². The zero-order chi connectivity index (χ0) is 12.1. The molecular formula is C11H20N2O3. The highest BCUT2D eigenvalue weighted by Gasteiger charge is 2.33. The highest BCUT2D eigenvalue weighted by Crippen LogP contribution is 2.18. The fraction of sp³-hybridized carbons (Fsp3) is 0.818. The molecule has 5 nitrogen and oxygen atoms in total. The van der Waals surface area contributed by atoms with Gasteiger partial charge in [0.15, 0.2) is 0 Å². The van der Waals surface area contributed by atoms with Gasteiger partial charge in [-0.1, -0.05) is 0 Å². The Morgan fingerprint density at radius 1 is 1.38 bits per heavy atom. The van der Waals surface area contributed by atoms with Crippen LogP contribution in [0.15, 0.2) is 0 Å². The van der Waals surface area contributed by atoms with Crippen LogP contribution in [0.25, 0.3) is 0 Å². The van der Waals surface area contributed by atoms with E-state index < -0.39 is 5.97 Å². The largest absolute Gasteiger partial charge is 0.480 e. The molecule has 1 atom stereocenters. The van der Waals surface area contributed by atoms with Gasteiger partial charge in [0.25, 0.3) is 0 Å². The maximum atomic E-state index is 12.1. The van der Waals surface area contributed by atoms with E-state index in [0.717, 1.165) is 12.8 Å². The van der Waals surface area contributed by atoms with Crippen molar-refractivity contribution in [2.45, 2.75) is 32.7 Å². The molecule has 1 saturated heterocycles. The predicted molar refractivity (Wildman–Crippen MR) is 60.2 cm³/mol. The van der Waals surface area contributed by atoms with Gasteiger partial charge < -0.3 is 10.0 Å². The van der Waals surface area contributed by atoms with E-state index in [2.05, 4.69) is 0 Å². The van der Waals surface area contributed by atoms with Gasteiger partial charge in [-0.2, -0.15) is 0 Å². The lowest BCUT2D eigenvalue weighted by atomic mass is 10.2. The quantitative estimate of drug-likeness (QED) is 0.740. The Morgan fingerprint density at radius 3 is 2.50 bits per heavy atom. The molecule has 1 aliphatic rings. The Balaban J connectivity index is 2.63. The van der Waals surface area contributed by atoms with Crippen molar-refractivity contribution in [3.63, 3.8) is 0 Å². The lowest BCUT2D eigenvalue weighted by Crippen LogP contribution is -2.47. The standard InChI is InChI=1S/C11H20N2O3/c1-3-12(4-2)11(16)9-6-5-7-13(9)8-10(14)15/h9H,3-8H2,1-2H3,(H,14,15). The number of rotatable bonds is 5. The first-order valence-corrected chi connectivity index (χ1v) is 5.84. The van der Waals surface area contributed by atoms with Crippen LogP contribution in [0.2, 0.25) is 0 Å². The second-order valence-electron chi connectivity index (χ2n) is 4.03. The molecule has 1 aliphatic heterocycles. The second kappa shape index (κ2) is 5.84. The van der Waals surface area contributed by atoms with Crippen LogP contribution >= 0.6 is 0 Å². The van der Waals surface area contributed by atoms with E-state index in [1.165, 1.54) is 0 Å². The average molecular weight is 228 g/mol. The molecule has 1 rings (SSSR count). The molecule has 0 bridgehead atoms. The molecule has 0 aromatic carbocycles. The smallest absolute Gasteiger partial charge is 0.317 e. The van der Waals surface area contributed by atoms with Gasteiger partial charge in [-0.25, -0.2) is 0 Å². The summed E-state index contributed by atoms with van der Waals surface area (Å²) in [6.45, 7) is 5.94. The van der Waals surface area contributed by atoms with Crippen LogP contribution in [-0.2, 0) is 9.59 Å². The van der Waals surface area contributed by atoms with Gasteiger partial charge in [0.1, 0.15) is 0 Å². The van der Waals surface area contributed by atoms with E-state index in [1.54, 1.807) is 9.80 Å². The molecule has 16 heavy (non-hydrogen) atoms. The van der Waals surface area contributed by atoms with Crippen LogP contribution < -0.4 is 0 Å². The molecule has 1 heterocycles. The molecule has 92 valence electrons. The molecule has 0 radical (unpaired) electrons. The number of amides is 1. The number of carboxylic acids is 1. The van der Waals surface area contributed by atoms with E-state index in [0.29, 0.717) is 19.6 Å². The minimum absolute atomic E-state index is 0.0301. The Bertz CT molecular complexity index is 264. The molecule has 1 unspecified atom stereocenters. The summed E-state index contributed by atoms with van der Waals surface area (Å²) < 4.78 is 0. The first-order valence-electron chi connectivity index (χ1n) is 5.84. The number of hydrogen-bond acceptors (Lipinski definition) is 3. The first kappa shape index (κ1) is 13.0. The van der Waals surface area contributed by atoms with Crippen LogP contribution in [-0.4, -0.2) is 59.0 Å². The number of likely N-dealkylation sites (N-methyl/N-ethyl adjacent to an activating group) is 1. The maximum absolute atomic E-state index is 12.1. The normalized spacial score (nSPS) is 21.0. The Morgan fingerprint density at radius 2 is 2.00 bits per heavy atom. The lowest BCUT2D eigenvalue weighted by Gasteiger charge is -2.27. The summed E-state index contributed by atoms with van der Waals surface area (Å²) in [5.41, 5.74) is 0. The van der Waals surface area contributed by atoms with E-state index in [-0.39, 0.29) is 18.5 Å². The van der Waals surface area contributed by atoms with Crippen molar-refractivity contribution < 1.29 is 14.7 Å². The molecule has 0 saturated carbocycles. The molecule has 0 aromatic heterocycles. The zero-order valence-corrected chi connectivity index (χ0v) is 9.98. The summed E-state index contributed by atoms with van der Waals surface area (Å²) in [5.74, 6) is -0.789. The third-order valence-corrected chi connectivity index (χ3v) is 3.06. The monoisotopic (exact) mass is 228 g/mol. The number of carbonyl (C=O) groups is 2. The van der Waals surface area contributed by atoms with Crippen molar-refractivity contribution >= 4 is 11.9 Å². The van der Waals surface area contributed by atoms with Gasteiger partial charge in [-0.3, -0.25) is 14.5 Å². The second-order valence-corrected chi connectivity index (χ2v) is 4.03. The highest BCUT2D eigenvalue weighted by molar-refractivity contribution is 5.83. The lowest BCUT2D eigenvalue weighted by molar-refractivity contribution is -0.141.